The van der Waals surface area contributed by atoms with Crippen LogP contribution in [0.1, 0.15) is 24.0 Å². The van der Waals surface area contributed by atoms with Gasteiger partial charge >= 0.3 is 0 Å². The first-order valence-electron chi connectivity index (χ1n) is 7.23. The average Bonchev–Trinajstić information content (AvgIpc) is 2.55. The van der Waals surface area contributed by atoms with Gasteiger partial charge in [-0.3, -0.25) is 0 Å². The Morgan fingerprint density at radius 2 is 1.71 bits per heavy atom. The van der Waals surface area contributed by atoms with Gasteiger partial charge in [-0.25, -0.2) is 0 Å². The molecule has 112 valence electrons. The second-order valence-electron chi connectivity index (χ2n) is 4.91. The lowest BCUT2D eigenvalue weighted by atomic mass is 10.1. The van der Waals surface area contributed by atoms with Crippen LogP contribution in [0.25, 0.3) is 0 Å². The van der Waals surface area contributed by atoms with Gasteiger partial charge in [-0.2, -0.15) is 0 Å². The molecule has 0 heterocycles. The van der Waals surface area contributed by atoms with E-state index < -0.39 is 0 Å². The summed E-state index contributed by atoms with van der Waals surface area (Å²) < 4.78 is 11.1. The highest BCUT2D eigenvalue weighted by Gasteiger charge is 2.05. The molecule has 0 aliphatic rings. The van der Waals surface area contributed by atoms with Crippen molar-refractivity contribution in [2.24, 2.45) is 0 Å². The smallest absolute Gasteiger partial charge is 0.161 e. The Morgan fingerprint density at radius 3 is 2.43 bits per heavy atom. The standard InChI is InChI=1S/C18H21ClO2/c1-20-17-11-10-16(14-19)13-18(17)21-12-6-5-9-15-7-3-2-4-8-15/h2-4,7-8,10-11,13H,5-6,9,12,14H2,1H3. The lowest BCUT2D eigenvalue weighted by molar-refractivity contribution is 0.286. The summed E-state index contributed by atoms with van der Waals surface area (Å²) in [5.41, 5.74) is 2.41. The van der Waals surface area contributed by atoms with Gasteiger partial charge in [0.2, 0.25) is 0 Å². The third kappa shape index (κ3) is 4.98. The van der Waals surface area contributed by atoms with Crippen LogP contribution in [0.4, 0.5) is 0 Å². The molecule has 0 aliphatic carbocycles. The van der Waals surface area contributed by atoms with E-state index in [1.165, 1.54) is 5.56 Å². The van der Waals surface area contributed by atoms with E-state index in [0.717, 1.165) is 36.3 Å². The zero-order chi connectivity index (χ0) is 14.9. The summed E-state index contributed by atoms with van der Waals surface area (Å²) in [5, 5.41) is 0. The molecule has 2 rings (SSSR count). The van der Waals surface area contributed by atoms with Gasteiger partial charge in [-0.05, 0) is 42.5 Å². The summed E-state index contributed by atoms with van der Waals surface area (Å²) >= 11 is 5.85. The van der Waals surface area contributed by atoms with Crippen molar-refractivity contribution in [3.63, 3.8) is 0 Å². The summed E-state index contributed by atoms with van der Waals surface area (Å²) in [6.45, 7) is 0.689. The predicted molar refractivity (Wildman–Crippen MR) is 87.4 cm³/mol. The van der Waals surface area contributed by atoms with Crippen molar-refractivity contribution in [2.45, 2.75) is 25.1 Å². The first-order valence-corrected chi connectivity index (χ1v) is 7.76. The first kappa shape index (κ1) is 15.7. The molecule has 2 aromatic rings. The normalized spacial score (nSPS) is 10.4. The van der Waals surface area contributed by atoms with Gasteiger partial charge in [-0.1, -0.05) is 36.4 Å². The molecule has 0 N–H and O–H groups in total. The summed E-state index contributed by atoms with van der Waals surface area (Å²) in [7, 11) is 1.65. The third-order valence-corrected chi connectivity index (χ3v) is 3.65. The Kier molecular flexibility index (Phi) is 6.42. The van der Waals surface area contributed by atoms with Gasteiger partial charge in [0.15, 0.2) is 11.5 Å². The fourth-order valence-electron chi connectivity index (χ4n) is 2.18. The number of benzene rings is 2. The van der Waals surface area contributed by atoms with Crippen LogP contribution < -0.4 is 9.47 Å². The molecule has 0 amide bonds. The number of methoxy groups -OCH3 is 1. The van der Waals surface area contributed by atoms with Crippen molar-refractivity contribution in [1.82, 2.24) is 0 Å². The lowest BCUT2D eigenvalue weighted by Crippen LogP contribution is -2.00. The maximum absolute atomic E-state index is 5.85. The zero-order valence-corrected chi connectivity index (χ0v) is 13.1. The molecule has 0 atom stereocenters. The van der Waals surface area contributed by atoms with E-state index in [1.807, 2.05) is 24.3 Å². The monoisotopic (exact) mass is 304 g/mol. The number of rotatable bonds is 8. The second kappa shape index (κ2) is 8.58. The molecule has 2 aromatic carbocycles. The number of hydrogen-bond donors (Lipinski definition) is 0. The molecule has 0 saturated carbocycles. The molecule has 0 spiro atoms. The highest BCUT2D eigenvalue weighted by Crippen LogP contribution is 2.28. The van der Waals surface area contributed by atoms with E-state index in [2.05, 4.69) is 24.3 Å². The third-order valence-electron chi connectivity index (χ3n) is 3.34. The molecule has 0 aliphatic heterocycles. The van der Waals surface area contributed by atoms with Crippen molar-refractivity contribution in [1.29, 1.82) is 0 Å². The molecule has 0 aromatic heterocycles. The minimum atomic E-state index is 0.481. The quantitative estimate of drug-likeness (QED) is 0.513. The number of halogens is 1. The molecule has 0 fully saturated rings. The minimum Gasteiger partial charge on any atom is -0.493 e. The van der Waals surface area contributed by atoms with Gasteiger partial charge < -0.3 is 9.47 Å². The average molecular weight is 305 g/mol. The van der Waals surface area contributed by atoms with Gasteiger partial charge in [0, 0.05) is 5.88 Å². The van der Waals surface area contributed by atoms with Crippen molar-refractivity contribution < 1.29 is 9.47 Å². The maximum Gasteiger partial charge on any atom is 0.161 e. The van der Waals surface area contributed by atoms with Crippen LogP contribution in [0.3, 0.4) is 0 Å². The Labute approximate surface area is 131 Å². The van der Waals surface area contributed by atoms with E-state index in [-0.39, 0.29) is 0 Å². The van der Waals surface area contributed by atoms with Gasteiger partial charge in [-0.15, -0.1) is 11.6 Å². The molecule has 21 heavy (non-hydrogen) atoms. The van der Waals surface area contributed by atoms with Crippen LogP contribution in [0.2, 0.25) is 0 Å². The van der Waals surface area contributed by atoms with Crippen molar-refractivity contribution >= 4 is 11.6 Å². The fourth-order valence-corrected chi connectivity index (χ4v) is 2.34. The van der Waals surface area contributed by atoms with Crippen molar-refractivity contribution in [2.75, 3.05) is 13.7 Å². The SMILES string of the molecule is COc1ccc(CCl)cc1OCCCCc1ccccc1. The molecule has 3 heteroatoms. The van der Waals surface area contributed by atoms with Crippen LogP contribution in [-0.4, -0.2) is 13.7 Å². The highest BCUT2D eigenvalue weighted by molar-refractivity contribution is 6.17. The number of hydrogen-bond acceptors (Lipinski definition) is 2. The van der Waals surface area contributed by atoms with Crippen LogP contribution in [0, 0.1) is 0 Å². The van der Waals surface area contributed by atoms with Crippen LogP contribution in [0.15, 0.2) is 48.5 Å². The number of alkyl halides is 1. The molecule has 0 bridgehead atoms. The minimum absolute atomic E-state index is 0.481. The lowest BCUT2D eigenvalue weighted by Gasteiger charge is -2.11. The fraction of sp³-hybridized carbons (Fsp3) is 0.333. The zero-order valence-electron chi connectivity index (χ0n) is 12.3. The van der Waals surface area contributed by atoms with Crippen LogP contribution in [-0.2, 0) is 12.3 Å². The Bertz CT molecular complexity index is 540. The molecule has 0 radical (unpaired) electrons. The molecule has 0 saturated heterocycles. The van der Waals surface area contributed by atoms with Crippen molar-refractivity contribution in [3.8, 4) is 11.5 Å². The van der Waals surface area contributed by atoms with E-state index in [9.17, 15) is 0 Å². The van der Waals surface area contributed by atoms with Gasteiger partial charge in [0.05, 0.1) is 13.7 Å². The van der Waals surface area contributed by atoms with Crippen molar-refractivity contribution in [3.05, 3.63) is 59.7 Å². The van der Waals surface area contributed by atoms with Crippen LogP contribution >= 0.6 is 11.6 Å². The topological polar surface area (TPSA) is 18.5 Å². The van der Waals surface area contributed by atoms with Crippen LogP contribution in [0.5, 0.6) is 11.5 Å². The number of aryl methyl sites for hydroxylation is 1. The van der Waals surface area contributed by atoms with Gasteiger partial charge in [0.1, 0.15) is 0 Å². The van der Waals surface area contributed by atoms with E-state index in [4.69, 9.17) is 21.1 Å². The Morgan fingerprint density at radius 1 is 0.905 bits per heavy atom. The van der Waals surface area contributed by atoms with E-state index >= 15 is 0 Å². The molecule has 2 nitrogen and oxygen atoms in total. The number of ether oxygens (including phenoxy) is 2. The largest absolute Gasteiger partial charge is 0.493 e. The Hall–Kier alpha value is -1.67. The maximum atomic E-state index is 5.85. The van der Waals surface area contributed by atoms with E-state index in [0.29, 0.717) is 12.5 Å². The summed E-state index contributed by atoms with van der Waals surface area (Å²) in [5.74, 6) is 2.01. The molecular formula is C18H21ClO2. The highest BCUT2D eigenvalue weighted by atomic mass is 35.5. The Balaban J connectivity index is 1.78. The van der Waals surface area contributed by atoms with E-state index in [1.54, 1.807) is 7.11 Å². The second-order valence-corrected chi connectivity index (χ2v) is 5.18. The molecule has 0 unspecified atom stereocenters. The summed E-state index contributed by atoms with van der Waals surface area (Å²) in [6, 6.07) is 16.3. The summed E-state index contributed by atoms with van der Waals surface area (Å²) in [6.07, 6.45) is 3.22. The summed E-state index contributed by atoms with van der Waals surface area (Å²) in [4.78, 5) is 0. The molecular weight excluding hydrogens is 284 g/mol. The predicted octanol–water partition coefficient (Wildman–Crippen LogP) is 4.84. The number of unbranched alkanes of at least 4 members (excludes halogenated alkanes) is 1. The van der Waals surface area contributed by atoms with Gasteiger partial charge in [0.25, 0.3) is 0 Å². The first-order chi connectivity index (χ1) is 10.3.